The molecule has 0 N–H and O–H groups in total. The summed E-state index contributed by atoms with van der Waals surface area (Å²) < 4.78 is 5.69. The summed E-state index contributed by atoms with van der Waals surface area (Å²) in [6.45, 7) is 4.42. The lowest BCUT2D eigenvalue weighted by Gasteiger charge is -2.41. The summed E-state index contributed by atoms with van der Waals surface area (Å²) in [5.74, 6) is 3.38. The zero-order chi connectivity index (χ0) is 19.1. The lowest BCUT2D eigenvalue weighted by atomic mass is 9.64. The second-order valence-corrected chi connectivity index (χ2v) is 8.98. The Kier molecular flexibility index (Phi) is 7.79. The van der Waals surface area contributed by atoms with E-state index < -0.39 is 0 Å². The predicted molar refractivity (Wildman–Crippen MR) is 112 cm³/mol. The molecule has 1 aromatic carbocycles. The van der Waals surface area contributed by atoms with Gasteiger partial charge in [0.2, 0.25) is 0 Å². The van der Waals surface area contributed by atoms with Crippen LogP contribution in [-0.4, -0.2) is 5.97 Å². The Hall–Kier alpha value is -1.31. The minimum absolute atomic E-state index is 0.000567. The molecular weight excluding hydrogens is 332 g/mol. The summed E-state index contributed by atoms with van der Waals surface area (Å²) >= 11 is 0. The second kappa shape index (κ2) is 10.3. The van der Waals surface area contributed by atoms with Gasteiger partial charge in [-0.3, -0.25) is 4.79 Å². The number of benzene rings is 1. The van der Waals surface area contributed by atoms with E-state index in [-0.39, 0.29) is 11.9 Å². The van der Waals surface area contributed by atoms with Gasteiger partial charge in [0.1, 0.15) is 5.75 Å². The summed E-state index contributed by atoms with van der Waals surface area (Å²) in [6.07, 6.45) is 15.4. The minimum atomic E-state index is -0.000567. The molecule has 2 fully saturated rings. The number of carbonyl (C=O) groups is 1. The minimum Gasteiger partial charge on any atom is -0.426 e. The van der Waals surface area contributed by atoms with Crippen molar-refractivity contribution in [1.29, 1.82) is 0 Å². The molecule has 2 aliphatic carbocycles. The molecule has 4 unspecified atom stereocenters. The average Bonchev–Trinajstić information content (AvgIpc) is 2.71. The van der Waals surface area contributed by atoms with Crippen LogP contribution in [0, 0.1) is 23.7 Å². The molecule has 0 heterocycles. The molecule has 27 heavy (non-hydrogen) atoms. The molecule has 3 rings (SSSR count). The van der Waals surface area contributed by atoms with Gasteiger partial charge in [-0.05, 0) is 74.0 Å². The van der Waals surface area contributed by atoms with Crippen LogP contribution >= 0.6 is 0 Å². The molecule has 0 aliphatic heterocycles. The fourth-order valence-electron chi connectivity index (χ4n) is 5.32. The Morgan fingerprint density at radius 1 is 0.926 bits per heavy atom. The van der Waals surface area contributed by atoms with Crippen molar-refractivity contribution in [1.82, 2.24) is 0 Å². The fraction of sp³-hybridized carbons (Fsp3) is 0.720. The van der Waals surface area contributed by atoms with E-state index in [9.17, 15) is 4.79 Å². The summed E-state index contributed by atoms with van der Waals surface area (Å²) in [6, 6.07) is 7.99. The number of carbonyl (C=O) groups excluding carboxylic acids is 1. The van der Waals surface area contributed by atoms with E-state index in [2.05, 4.69) is 26.0 Å². The fourth-order valence-corrected chi connectivity index (χ4v) is 5.32. The Bertz CT molecular complexity index is 576. The molecule has 0 radical (unpaired) electrons. The Balaban J connectivity index is 1.44. The van der Waals surface area contributed by atoms with E-state index in [0.717, 1.165) is 37.0 Å². The third-order valence-electron chi connectivity index (χ3n) is 7.07. The van der Waals surface area contributed by atoms with E-state index in [1.807, 2.05) is 12.1 Å². The zero-order valence-electron chi connectivity index (χ0n) is 17.4. The number of ether oxygens (including phenoxy) is 1. The first kappa shape index (κ1) is 20.4. The van der Waals surface area contributed by atoms with Crippen LogP contribution in [-0.2, 0) is 11.2 Å². The number of esters is 1. The molecule has 0 spiro atoms. The first-order valence-electron chi connectivity index (χ1n) is 11.5. The average molecular weight is 371 g/mol. The Morgan fingerprint density at radius 2 is 1.67 bits per heavy atom. The molecule has 2 saturated carbocycles. The van der Waals surface area contributed by atoms with E-state index in [1.165, 1.54) is 63.4 Å². The van der Waals surface area contributed by atoms with Gasteiger partial charge in [-0.1, -0.05) is 64.5 Å². The van der Waals surface area contributed by atoms with Gasteiger partial charge in [-0.2, -0.15) is 0 Å². The first-order valence-corrected chi connectivity index (χ1v) is 11.5. The van der Waals surface area contributed by atoms with Gasteiger partial charge in [-0.15, -0.1) is 0 Å². The molecular formula is C25H38O2. The van der Waals surface area contributed by atoms with Crippen LogP contribution in [0.2, 0.25) is 0 Å². The number of aryl methyl sites for hydroxylation is 1. The Labute approximate surface area is 166 Å². The van der Waals surface area contributed by atoms with Crippen LogP contribution in [0.4, 0.5) is 0 Å². The maximum absolute atomic E-state index is 12.6. The van der Waals surface area contributed by atoms with Crippen LogP contribution in [0.1, 0.15) is 90.0 Å². The molecule has 0 bridgehead atoms. The quantitative estimate of drug-likeness (QED) is 0.281. The van der Waals surface area contributed by atoms with Crippen LogP contribution in [0.5, 0.6) is 5.75 Å². The maximum atomic E-state index is 12.6. The molecule has 1 aromatic rings. The van der Waals surface area contributed by atoms with E-state index >= 15 is 0 Å². The topological polar surface area (TPSA) is 26.3 Å². The van der Waals surface area contributed by atoms with E-state index in [1.54, 1.807) is 0 Å². The summed E-state index contributed by atoms with van der Waals surface area (Å²) in [5, 5.41) is 0. The highest BCUT2D eigenvalue weighted by molar-refractivity contribution is 5.75. The largest absolute Gasteiger partial charge is 0.426 e. The highest BCUT2D eigenvalue weighted by Gasteiger charge is 2.38. The zero-order valence-corrected chi connectivity index (χ0v) is 17.4. The molecule has 2 nitrogen and oxygen atoms in total. The van der Waals surface area contributed by atoms with Gasteiger partial charge in [-0.25, -0.2) is 0 Å². The second-order valence-electron chi connectivity index (χ2n) is 8.98. The summed E-state index contributed by atoms with van der Waals surface area (Å²) in [5.41, 5.74) is 1.28. The molecule has 2 aliphatic rings. The number of fused-ring (bicyclic) bond motifs is 1. The SMILES string of the molecule is CCCCCCC1CCC2CC(C(=O)Oc3ccc(CC)cc3)CCC2C1. The van der Waals surface area contributed by atoms with Crippen molar-refractivity contribution in [2.75, 3.05) is 0 Å². The maximum Gasteiger partial charge on any atom is 0.314 e. The molecule has 0 aromatic heterocycles. The Morgan fingerprint density at radius 3 is 2.41 bits per heavy atom. The van der Waals surface area contributed by atoms with Gasteiger partial charge >= 0.3 is 5.97 Å². The standard InChI is InChI=1S/C25H38O2/c1-3-5-6-7-8-20-9-12-22-18-23(14-13-21(22)17-20)25(26)27-24-15-10-19(4-2)11-16-24/h10-11,15-16,20-23H,3-9,12-14,17-18H2,1-2H3. The number of hydrogen-bond donors (Lipinski definition) is 0. The van der Waals surface area contributed by atoms with Crippen molar-refractivity contribution in [2.24, 2.45) is 23.7 Å². The van der Waals surface area contributed by atoms with Gasteiger partial charge in [0.15, 0.2) is 0 Å². The lowest BCUT2D eigenvalue weighted by Crippen LogP contribution is -2.35. The summed E-state index contributed by atoms with van der Waals surface area (Å²) in [4.78, 5) is 12.6. The van der Waals surface area contributed by atoms with Crippen molar-refractivity contribution in [3.63, 3.8) is 0 Å². The van der Waals surface area contributed by atoms with Gasteiger partial charge in [0.05, 0.1) is 5.92 Å². The molecule has 0 saturated heterocycles. The molecule has 4 atom stereocenters. The smallest absolute Gasteiger partial charge is 0.314 e. The normalized spacial score (nSPS) is 27.8. The third kappa shape index (κ3) is 5.83. The number of unbranched alkanes of at least 4 members (excludes halogenated alkanes) is 3. The summed E-state index contributed by atoms with van der Waals surface area (Å²) in [7, 11) is 0. The highest BCUT2D eigenvalue weighted by atomic mass is 16.5. The van der Waals surface area contributed by atoms with Gasteiger partial charge < -0.3 is 4.74 Å². The van der Waals surface area contributed by atoms with Crippen molar-refractivity contribution < 1.29 is 9.53 Å². The van der Waals surface area contributed by atoms with Crippen molar-refractivity contribution in [3.05, 3.63) is 29.8 Å². The third-order valence-corrected chi connectivity index (χ3v) is 7.07. The van der Waals surface area contributed by atoms with Crippen LogP contribution in [0.25, 0.3) is 0 Å². The molecule has 150 valence electrons. The monoisotopic (exact) mass is 370 g/mol. The molecule has 2 heteroatoms. The van der Waals surface area contributed by atoms with E-state index in [0.29, 0.717) is 5.75 Å². The number of hydrogen-bond acceptors (Lipinski definition) is 2. The van der Waals surface area contributed by atoms with Crippen molar-refractivity contribution in [2.45, 2.75) is 90.9 Å². The number of rotatable bonds is 8. The predicted octanol–water partition coefficient (Wildman–Crippen LogP) is 6.96. The van der Waals surface area contributed by atoms with E-state index in [4.69, 9.17) is 4.74 Å². The van der Waals surface area contributed by atoms with Gasteiger partial charge in [0.25, 0.3) is 0 Å². The van der Waals surface area contributed by atoms with Crippen LogP contribution in [0.3, 0.4) is 0 Å². The molecule has 0 amide bonds. The van der Waals surface area contributed by atoms with Gasteiger partial charge in [0, 0.05) is 0 Å². The highest BCUT2D eigenvalue weighted by Crippen LogP contribution is 2.46. The van der Waals surface area contributed by atoms with Crippen LogP contribution < -0.4 is 4.74 Å². The first-order chi connectivity index (χ1) is 13.2. The van der Waals surface area contributed by atoms with Crippen LogP contribution in [0.15, 0.2) is 24.3 Å². The van der Waals surface area contributed by atoms with Crippen molar-refractivity contribution in [3.8, 4) is 5.75 Å². The lowest BCUT2D eigenvalue weighted by molar-refractivity contribution is -0.141. The van der Waals surface area contributed by atoms with Crippen molar-refractivity contribution >= 4 is 5.97 Å².